The van der Waals surface area contributed by atoms with Crippen LogP contribution in [0.15, 0.2) is 17.1 Å². The van der Waals surface area contributed by atoms with Gasteiger partial charge in [0.05, 0.1) is 24.6 Å². The molecule has 2 aromatic heterocycles. The summed E-state index contributed by atoms with van der Waals surface area (Å²) in [5.41, 5.74) is 2.26. The van der Waals surface area contributed by atoms with Gasteiger partial charge in [-0.05, 0) is 37.3 Å². The summed E-state index contributed by atoms with van der Waals surface area (Å²) in [5, 5.41) is 0.239. The smallest absolute Gasteiger partial charge is 0.343 e. The van der Waals surface area contributed by atoms with Crippen LogP contribution in [-0.4, -0.2) is 42.5 Å². The van der Waals surface area contributed by atoms with Crippen molar-refractivity contribution in [1.82, 2.24) is 9.55 Å². The fourth-order valence-electron chi connectivity index (χ4n) is 4.05. The highest BCUT2D eigenvalue weighted by atomic mass is 35.5. The highest BCUT2D eigenvalue weighted by molar-refractivity contribution is 6.31. The van der Waals surface area contributed by atoms with E-state index in [0.29, 0.717) is 42.3 Å². The Morgan fingerprint density at radius 3 is 2.66 bits per heavy atom. The van der Waals surface area contributed by atoms with Crippen LogP contribution in [0.2, 0.25) is 5.15 Å². The zero-order chi connectivity index (χ0) is 23.6. The van der Waals surface area contributed by atoms with Gasteiger partial charge in [-0.25, -0.2) is 9.78 Å². The van der Waals surface area contributed by atoms with E-state index in [1.165, 1.54) is 0 Å². The average molecular weight is 463 g/mol. The Bertz CT molecular complexity index is 1070. The number of aromatic nitrogens is 2. The molecule has 0 aromatic carbocycles. The fraction of sp³-hybridized carbons (Fsp3) is 0.542. The molecule has 3 rings (SSSR count). The van der Waals surface area contributed by atoms with E-state index in [4.69, 9.17) is 25.8 Å². The maximum Gasteiger partial charge on any atom is 0.343 e. The van der Waals surface area contributed by atoms with Gasteiger partial charge in [0.15, 0.2) is 16.3 Å². The van der Waals surface area contributed by atoms with Gasteiger partial charge in [0, 0.05) is 37.9 Å². The Morgan fingerprint density at radius 1 is 1.31 bits per heavy atom. The van der Waals surface area contributed by atoms with Crippen molar-refractivity contribution < 1.29 is 19.0 Å². The minimum Gasteiger partial charge on any atom is -0.490 e. The third-order valence-electron chi connectivity index (χ3n) is 5.71. The normalized spacial score (nSPS) is 15.2. The molecule has 1 aliphatic rings. The minimum absolute atomic E-state index is 0.0122. The van der Waals surface area contributed by atoms with E-state index < -0.39 is 5.97 Å². The summed E-state index contributed by atoms with van der Waals surface area (Å²) < 4.78 is 18.0. The zero-order valence-electron chi connectivity index (χ0n) is 19.6. The van der Waals surface area contributed by atoms with Gasteiger partial charge >= 0.3 is 5.97 Å². The molecule has 0 radical (unpaired) electrons. The van der Waals surface area contributed by atoms with Crippen molar-refractivity contribution in [3.63, 3.8) is 0 Å². The molecular formula is C24H31ClN2O5. The second kappa shape index (κ2) is 9.63. The molecule has 0 amide bonds. The van der Waals surface area contributed by atoms with Gasteiger partial charge in [0.25, 0.3) is 0 Å². The number of carbonyl (C=O) groups excluding carboxylic acids is 1. The molecule has 0 spiro atoms. The van der Waals surface area contributed by atoms with E-state index >= 15 is 0 Å². The van der Waals surface area contributed by atoms with Crippen molar-refractivity contribution in [1.29, 1.82) is 0 Å². The maximum atomic E-state index is 13.1. The van der Waals surface area contributed by atoms with Gasteiger partial charge in [-0.15, -0.1) is 0 Å². The summed E-state index contributed by atoms with van der Waals surface area (Å²) in [7, 11) is 1.65. The number of nitrogens with zero attached hydrogens (tertiary/aromatic N) is 2. The molecule has 0 N–H and O–H groups in total. The van der Waals surface area contributed by atoms with E-state index in [1.54, 1.807) is 27.2 Å². The van der Waals surface area contributed by atoms with E-state index in [9.17, 15) is 9.59 Å². The van der Waals surface area contributed by atoms with Gasteiger partial charge in [-0.2, -0.15) is 0 Å². The number of methoxy groups -OCH3 is 1. The highest BCUT2D eigenvalue weighted by Crippen LogP contribution is 2.44. The number of rotatable bonds is 7. The first-order chi connectivity index (χ1) is 15.1. The molecule has 1 atom stereocenters. The van der Waals surface area contributed by atoms with E-state index in [0.717, 1.165) is 12.0 Å². The molecular weight excluding hydrogens is 432 g/mol. The number of halogens is 1. The van der Waals surface area contributed by atoms with Crippen LogP contribution in [0, 0.1) is 12.3 Å². The van der Waals surface area contributed by atoms with Crippen molar-refractivity contribution in [3.8, 4) is 17.1 Å². The van der Waals surface area contributed by atoms with Crippen LogP contribution in [0.3, 0.4) is 0 Å². The monoisotopic (exact) mass is 462 g/mol. The number of esters is 1. The second-order valence-corrected chi connectivity index (χ2v) is 9.40. The Hall–Kier alpha value is -2.38. The van der Waals surface area contributed by atoms with Crippen LogP contribution in [0.5, 0.6) is 5.75 Å². The predicted octanol–water partition coefficient (Wildman–Crippen LogP) is 4.61. The maximum absolute atomic E-state index is 13.1. The number of pyridine rings is 2. The summed E-state index contributed by atoms with van der Waals surface area (Å²) in [6.45, 7) is 11.1. The summed E-state index contributed by atoms with van der Waals surface area (Å²) in [5.74, 6) is -0.0917. The standard InChI is InChI=1S/C24H31ClN2O5/c1-7-31-23(29)16-13-27-18(24(3,4)5)12-15-11-17(32-10-8-9-30-6)22(25)26-19(15)20(27)14(2)21(16)28/h11,13,18H,7-10,12H2,1-6H3/t18-/m0/s1. The SMILES string of the molecule is CCOC(=O)c1cn2c(c(C)c1=O)-c1nc(Cl)c(OCCCOC)cc1C[C@H]2C(C)(C)C. The van der Waals surface area contributed by atoms with E-state index in [-0.39, 0.29) is 34.2 Å². The molecule has 0 unspecified atom stereocenters. The summed E-state index contributed by atoms with van der Waals surface area (Å²) >= 11 is 6.45. The first kappa shape index (κ1) is 24.3. The Morgan fingerprint density at radius 2 is 2.03 bits per heavy atom. The molecule has 8 heteroatoms. The largest absolute Gasteiger partial charge is 0.490 e. The van der Waals surface area contributed by atoms with Crippen molar-refractivity contribution in [3.05, 3.63) is 44.3 Å². The third kappa shape index (κ3) is 4.69. The van der Waals surface area contributed by atoms with Gasteiger partial charge in [-0.1, -0.05) is 32.4 Å². The Labute approximate surface area is 193 Å². The number of hydrogen-bond acceptors (Lipinski definition) is 6. The van der Waals surface area contributed by atoms with Gasteiger partial charge in [0.1, 0.15) is 5.56 Å². The van der Waals surface area contributed by atoms with Gasteiger partial charge in [0.2, 0.25) is 0 Å². The van der Waals surface area contributed by atoms with Crippen molar-refractivity contribution in [2.75, 3.05) is 26.9 Å². The topological polar surface area (TPSA) is 79.7 Å². The average Bonchev–Trinajstić information content (AvgIpc) is 2.72. The lowest BCUT2D eigenvalue weighted by molar-refractivity contribution is 0.0523. The van der Waals surface area contributed by atoms with Crippen molar-refractivity contribution >= 4 is 17.6 Å². The first-order valence-electron chi connectivity index (χ1n) is 10.8. The summed E-state index contributed by atoms with van der Waals surface area (Å²) in [4.78, 5) is 30.1. The van der Waals surface area contributed by atoms with Crippen LogP contribution >= 0.6 is 11.6 Å². The van der Waals surface area contributed by atoms with E-state index in [1.807, 2.05) is 10.6 Å². The molecule has 0 saturated heterocycles. The van der Waals surface area contributed by atoms with Crippen LogP contribution in [0.1, 0.15) is 61.6 Å². The number of fused-ring (bicyclic) bond motifs is 3. The Kier molecular flexibility index (Phi) is 7.30. The lowest BCUT2D eigenvalue weighted by atomic mass is 9.79. The molecule has 0 saturated carbocycles. The minimum atomic E-state index is -0.611. The molecule has 174 valence electrons. The quantitative estimate of drug-likeness (QED) is 0.339. The highest BCUT2D eigenvalue weighted by Gasteiger charge is 2.36. The van der Waals surface area contributed by atoms with Crippen molar-refractivity contribution in [2.24, 2.45) is 5.41 Å². The molecule has 0 fully saturated rings. The molecule has 0 aliphatic carbocycles. The number of hydrogen-bond donors (Lipinski definition) is 0. The molecule has 32 heavy (non-hydrogen) atoms. The molecule has 0 bridgehead atoms. The van der Waals surface area contributed by atoms with Crippen LogP contribution in [-0.2, 0) is 15.9 Å². The second-order valence-electron chi connectivity index (χ2n) is 9.04. The lowest BCUT2D eigenvalue weighted by Gasteiger charge is -2.39. The summed E-state index contributed by atoms with van der Waals surface area (Å²) in [6.07, 6.45) is 3.02. The number of ether oxygens (including phenoxy) is 3. The first-order valence-corrected chi connectivity index (χ1v) is 11.2. The molecule has 7 nitrogen and oxygen atoms in total. The third-order valence-corrected chi connectivity index (χ3v) is 5.98. The van der Waals surface area contributed by atoms with Gasteiger partial charge < -0.3 is 18.8 Å². The predicted molar refractivity (Wildman–Crippen MR) is 124 cm³/mol. The molecule has 2 aromatic rings. The zero-order valence-corrected chi connectivity index (χ0v) is 20.3. The van der Waals surface area contributed by atoms with Crippen LogP contribution in [0.25, 0.3) is 11.4 Å². The molecule has 1 aliphatic heterocycles. The lowest BCUT2D eigenvalue weighted by Crippen LogP contribution is -2.34. The number of carbonyl (C=O) groups is 1. The van der Waals surface area contributed by atoms with Gasteiger partial charge in [-0.3, -0.25) is 4.79 Å². The Balaban J connectivity index is 2.17. The fourth-order valence-corrected chi connectivity index (χ4v) is 4.25. The van der Waals surface area contributed by atoms with Crippen molar-refractivity contribution in [2.45, 2.75) is 53.5 Å². The van der Waals surface area contributed by atoms with Crippen LogP contribution < -0.4 is 10.2 Å². The molecule has 3 heterocycles. The summed E-state index contributed by atoms with van der Waals surface area (Å²) in [6, 6.07) is 1.91. The van der Waals surface area contributed by atoms with Crippen LogP contribution in [0.4, 0.5) is 0 Å². The van der Waals surface area contributed by atoms with E-state index in [2.05, 4.69) is 25.8 Å².